The zero-order valence-corrected chi connectivity index (χ0v) is 14.6. The Labute approximate surface area is 150 Å². The molecule has 0 spiro atoms. The topological polar surface area (TPSA) is 82.6 Å². The highest BCUT2D eigenvalue weighted by atomic mass is 32.2. The largest absolute Gasteiger partial charge is 0.423 e. The molecule has 1 fully saturated rings. The molecule has 3 atom stereocenters. The molecule has 0 radical (unpaired) electrons. The maximum Gasteiger partial charge on any atom is 0.423 e. The number of H-pyrrole nitrogens is 1. The normalized spacial score (nSPS) is 23.1. The molecule has 2 heterocycles. The van der Waals surface area contributed by atoms with Crippen molar-refractivity contribution in [2.24, 2.45) is 0 Å². The summed E-state index contributed by atoms with van der Waals surface area (Å²) in [7, 11) is 0. The van der Waals surface area contributed by atoms with Crippen molar-refractivity contribution in [3.05, 3.63) is 32.6 Å². The van der Waals surface area contributed by atoms with Crippen molar-refractivity contribution in [3.63, 3.8) is 0 Å². The van der Waals surface area contributed by atoms with E-state index >= 15 is 0 Å². The van der Waals surface area contributed by atoms with Gasteiger partial charge in [0.15, 0.2) is 0 Å². The molecule has 1 aromatic heterocycles. The zero-order chi connectivity index (χ0) is 19.3. The van der Waals surface area contributed by atoms with Gasteiger partial charge in [-0.1, -0.05) is 5.92 Å². The third-order valence-corrected chi connectivity index (χ3v) is 4.03. The number of nitrogens with one attached hydrogen (secondary N) is 1. The quantitative estimate of drug-likeness (QED) is 0.425. The van der Waals surface area contributed by atoms with Gasteiger partial charge in [-0.3, -0.25) is 14.3 Å². The van der Waals surface area contributed by atoms with Crippen LogP contribution in [0.15, 0.2) is 15.8 Å². The maximum absolute atomic E-state index is 12.9. The fraction of sp³-hybridized carbons (Fsp3) is 0.600. The van der Waals surface area contributed by atoms with Crippen LogP contribution in [0.3, 0.4) is 0 Å². The van der Waals surface area contributed by atoms with Gasteiger partial charge < -0.3 is 14.2 Å². The molecular weight excluding hydrogens is 377 g/mol. The van der Waals surface area contributed by atoms with E-state index in [0.717, 1.165) is 0 Å². The monoisotopic (exact) mass is 394 g/mol. The Kier molecular flexibility index (Phi) is 6.94. The Bertz CT molecular complexity index is 770. The highest BCUT2D eigenvalue weighted by Crippen LogP contribution is 2.32. The van der Waals surface area contributed by atoms with Gasteiger partial charge in [-0.25, -0.2) is 4.79 Å². The minimum absolute atomic E-state index is 0.0197. The second kappa shape index (κ2) is 8.77. The smallest absolute Gasteiger partial charge is 0.368 e. The van der Waals surface area contributed by atoms with Crippen LogP contribution < -0.4 is 11.2 Å². The SMILES string of the molecule is C#CCO[C@H]1C[C@H](n2cc(C(F)(F)F)c(=O)[nH]c2=O)O[C@@H]1COCSC. The lowest BCUT2D eigenvalue weighted by atomic mass is 10.2. The number of thioether (sulfide) groups is 1. The van der Waals surface area contributed by atoms with Crippen LogP contribution >= 0.6 is 11.8 Å². The highest BCUT2D eigenvalue weighted by molar-refractivity contribution is 7.98. The van der Waals surface area contributed by atoms with E-state index in [4.69, 9.17) is 20.6 Å². The summed E-state index contributed by atoms with van der Waals surface area (Å²) in [6.45, 7) is 0.102. The molecule has 0 bridgehead atoms. The second-order valence-corrected chi connectivity index (χ2v) is 6.22. The Morgan fingerprint density at radius 2 is 2.23 bits per heavy atom. The molecule has 0 amide bonds. The van der Waals surface area contributed by atoms with Crippen LogP contribution in [0.5, 0.6) is 0 Å². The van der Waals surface area contributed by atoms with E-state index in [2.05, 4.69) is 5.92 Å². The first-order chi connectivity index (χ1) is 12.3. The molecule has 26 heavy (non-hydrogen) atoms. The van der Waals surface area contributed by atoms with Crippen LogP contribution in [-0.4, -0.2) is 47.2 Å². The van der Waals surface area contributed by atoms with Crippen molar-refractivity contribution < 1.29 is 27.4 Å². The van der Waals surface area contributed by atoms with E-state index in [1.807, 2.05) is 6.26 Å². The van der Waals surface area contributed by atoms with Crippen LogP contribution in [0.4, 0.5) is 13.2 Å². The van der Waals surface area contributed by atoms with Crippen LogP contribution in [0.2, 0.25) is 0 Å². The fourth-order valence-electron chi connectivity index (χ4n) is 2.50. The third-order valence-electron chi connectivity index (χ3n) is 3.63. The van der Waals surface area contributed by atoms with Gasteiger partial charge in [0, 0.05) is 12.6 Å². The summed E-state index contributed by atoms with van der Waals surface area (Å²) in [5.74, 6) is 2.69. The molecule has 2 rings (SSSR count). The van der Waals surface area contributed by atoms with Gasteiger partial charge >= 0.3 is 11.9 Å². The minimum Gasteiger partial charge on any atom is -0.368 e. The van der Waals surface area contributed by atoms with E-state index in [9.17, 15) is 22.8 Å². The van der Waals surface area contributed by atoms with Crippen LogP contribution in [0, 0.1) is 12.3 Å². The molecule has 0 unspecified atom stereocenters. The number of aromatic nitrogens is 2. The molecular formula is C15H17F3N2O5S. The number of ether oxygens (including phenoxy) is 3. The van der Waals surface area contributed by atoms with Gasteiger partial charge in [0.2, 0.25) is 0 Å². The lowest BCUT2D eigenvalue weighted by Gasteiger charge is -2.18. The second-order valence-electron chi connectivity index (χ2n) is 5.40. The van der Waals surface area contributed by atoms with Crippen LogP contribution in [-0.2, 0) is 20.4 Å². The fourth-order valence-corrected chi connectivity index (χ4v) is 2.76. The molecule has 144 valence electrons. The summed E-state index contributed by atoms with van der Waals surface area (Å²) in [5, 5.41) is 0. The van der Waals surface area contributed by atoms with Gasteiger partial charge in [0.05, 0.1) is 18.6 Å². The molecule has 1 aromatic rings. The average molecular weight is 394 g/mol. The molecule has 11 heteroatoms. The Morgan fingerprint density at radius 3 is 2.85 bits per heavy atom. The summed E-state index contributed by atoms with van der Waals surface area (Å²) in [5.41, 5.74) is -3.99. The predicted molar refractivity (Wildman–Crippen MR) is 87.8 cm³/mol. The predicted octanol–water partition coefficient (Wildman–Crippen LogP) is 1.20. The lowest BCUT2D eigenvalue weighted by molar-refractivity contribution is -0.139. The summed E-state index contributed by atoms with van der Waals surface area (Å²) >= 11 is 1.44. The molecule has 1 aliphatic heterocycles. The number of hydrogen-bond acceptors (Lipinski definition) is 6. The zero-order valence-electron chi connectivity index (χ0n) is 13.7. The van der Waals surface area contributed by atoms with Crippen molar-refractivity contribution >= 4 is 11.8 Å². The minimum atomic E-state index is -4.90. The number of aromatic amines is 1. The molecule has 0 saturated carbocycles. The van der Waals surface area contributed by atoms with Gasteiger partial charge in [-0.2, -0.15) is 13.2 Å². The van der Waals surface area contributed by atoms with Gasteiger partial charge in [0.1, 0.15) is 24.5 Å². The molecule has 0 aliphatic carbocycles. The Balaban J connectivity index is 2.26. The van der Waals surface area contributed by atoms with Crippen molar-refractivity contribution in [2.45, 2.75) is 31.0 Å². The molecule has 1 aliphatic rings. The summed E-state index contributed by atoms with van der Waals surface area (Å²) in [4.78, 5) is 25.0. The maximum atomic E-state index is 12.9. The van der Waals surface area contributed by atoms with Crippen molar-refractivity contribution in [1.29, 1.82) is 0 Å². The number of nitrogens with zero attached hydrogens (tertiary/aromatic N) is 1. The first kappa shape index (κ1) is 20.6. The van der Waals surface area contributed by atoms with E-state index < -0.39 is 41.4 Å². The van der Waals surface area contributed by atoms with Gasteiger partial charge in [-0.05, 0) is 6.26 Å². The summed E-state index contributed by atoms with van der Waals surface area (Å²) < 4.78 is 55.9. The first-order valence-corrected chi connectivity index (χ1v) is 8.87. The van der Waals surface area contributed by atoms with Crippen molar-refractivity contribution in [1.82, 2.24) is 9.55 Å². The first-order valence-electron chi connectivity index (χ1n) is 7.47. The average Bonchev–Trinajstić information content (AvgIpc) is 2.94. The highest BCUT2D eigenvalue weighted by Gasteiger charge is 2.40. The van der Waals surface area contributed by atoms with Gasteiger partial charge in [-0.15, -0.1) is 18.2 Å². The number of alkyl halides is 3. The van der Waals surface area contributed by atoms with E-state index in [-0.39, 0.29) is 19.6 Å². The summed E-state index contributed by atoms with van der Waals surface area (Å²) in [6, 6.07) is 0. The molecule has 0 aromatic carbocycles. The molecule has 1 N–H and O–H groups in total. The molecule has 7 nitrogen and oxygen atoms in total. The van der Waals surface area contributed by atoms with Gasteiger partial charge in [0.25, 0.3) is 5.56 Å². The lowest BCUT2D eigenvalue weighted by Crippen LogP contribution is -2.36. The van der Waals surface area contributed by atoms with Crippen LogP contribution in [0.25, 0.3) is 0 Å². The summed E-state index contributed by atoms with van der Waals surface area (Å²) in [6.07, 6.45) is 0.398. The van der Waals surface area contributed by atoms with Crippen molar-refractivity contribution in [3.8, 4) is 12.3 Å². The van der Waals surface area contributed by atoms with Crippen molar-refractivity contribution in [2.75, 3.05) is 25.4 Å². The Hall–Kier alpha value is -1.74. The van der Waals surface area contributed by atoms with E-state index in [1.54, 1.807) is 4.98 Å². The van der Waals surface area contributed by atoms with E-state index in [1.165, 1.54) is 11.8 Å². The number of halogens is 3. The van der Waals surface area contributed by atoms with E-state index in [0.29, 0.717) is 16.7 Å². The Morgan fingerprint density at radius 1 is 1.50 bits per heavy atom. The number of terminal acetylenes is 1. The standard InChI is InChI=1S/C15H17F3N2O5S/c1-3-4-24-10-5-12(25-11(10)7-23-8-26-2)20-6-9(15(16,17)18)13(21)19-14(20)22/h1,6,10-12H,4-5,7-8H2,2H3,(H,19,21,22)/t10-,11+,12+/m0/s1. The molecule has 1 saturated heterocycles. The number of rotatable bonds is 7. The number of hydrogen-bond donors (Lipinski definition) is 1. The van der Waals surface area contributed by atoms with Crippen LogP contribution in [0.1, 0.15) is 18.2 Å². The third kappa shape index (κ3) is 4.91.